The third kappa shape index (κ3) is 2.68. The monoisotopic (exact) mass is 319 g/mol. The van der Waals surface area contributed by atoms with Crippen LogP contribution in [0.1, 0.15) is 15.2 Å². The second-order valence-corrected chi connectivity index (χ2v) is 6.70. The molecule has 0 fully saturated rings. The van der Waals surface area contributed by atoms with Gasteiger partial charge < -0.3 is 5.11 Å². The van der Waals surface area contributed by atoms with Crippen molar-refractivity contribution in [3.63, 3.8) is 0 Å². The van der Waals surface area contributed by atoms with Gasteiger partial charge >= 0.3 is 5.97 Å². The van der Waals surface area contributed by atoms with Gasteiger partial charge in [-0.15, -0.1) is 11.3 Å². The first-order chi connectivity index (χ1) is 9.33. The highest BCUT2D eigenvalue weighted by atomic mass is 32.2. The lowest BCUT2D eigenvalue weighted by Crippen LogP contribution is -2.12. The van der Waals surface area contributed by atoms with Crippen LogP contribution < -0.4 is 0 Å². The van der Waals surface area contributed by atoms with Crippen molar-refractivity contribution in [3.8, 4) is 0 Å². The van der Waals surface area contributed by atoms with Crippen LogP contribution in [0.15, 0.2) is 28.7 Å². The summed E-state index contributed by atoms with van der Waals surface area (Å²) >= 11 is 1.06. The van der Waals surface area contributed by atoms with E-state index in [4.69, 9.17) is 5.11 Å². The Morgan fingerprint density at radius 1 is 1.35 bits per heavy atom. The van der Waals surface area contributed by atoms with E-state index in [-0.39, 0.29) is 0 Å². The first kappa shape index (κ1) is 14.5. The average Bonchev–Trinajstić information content (AvgIpc) is 2.79. The molecular weight excluding hydrogens is 312 g/mol. The van der Waals surface area contributed by atoms with E-state index in [1.165, 1.54) is 11.7 Å². The predicted molar refractivity (Wildman–Crippen MR) is 66.3 cm³/mol. The summed E-state index contributed by atoms with van der Waals surface area (Å²) in [6.07, 6.45) is 1.31. The van der Waals surface area contributed by atoms with E-state index in [2.05, 4.69) is 4.98 Å². The molecule has 0 aliphatic carbocycles. The van der Waals surface area contributed by atoms with Crippen molar-refractivity contribution in [2.24, 2.45) is 0 Å². The summed E-state index contributed by atoms with van der Waals surface area (Å²) in [5, 5.41) is 8.71. The fourth-order valence-corrected chi connectivity index (χ4v) is 3.92. The summed E-state index contributed by atoms with van der Waals surface area (Å²) in [5.41, 5.74) is 0.129. The largest absolute Gasteiger partial charge is 0.477 e. The number of aromatic carboxylic acids is 1. The van der Waals surface area contributed by atoms with E-state index in [9.17, 15) is 22.0 Å². The lowest BCUT2D eigenvalue weighted by atomic mass is 10.2. The molecule has 2 rings (SSSR count). The molecule has 1 N–H and O–H groups in total. The van der Waals surface area contributed by atoms with Crippen LogP contribution in [0.2, 0.25) is 0 Å². The van der Waals surface area contributed by atoms with Crippen LogP contribution in [-0.2, 0) is 15.6 Å². The smallest absolute Gasteiger partial charge is 0.341 e. The Morgan fingerprint density at radius 2 is 2.05 bits per heavy atom. The zero-order chi connectivity index (χ0) is 14.9. The summed E-state index contributed by atoms with van der Waals surface area (Å²) < 4.78 is 51.2. The van der Waals surface area contributed by atoms with Gasteiger partial charge in [-0.05, 0) is 12.1 Å². The highest BCUT2D eigenvalue weighted by Crippen LogP contribution is 2.25. The van der Waals surface area contributed by atoms with E-state index in [1.807, 2.05) is 0 Å². The molecule has 0 aliphatic rings. The number of halogens is 2. The quantitative estimate of drug-likeness (QED) is 0.872. The molecule has 0 unspecified atom stereocenters. The van der Waals surface area contributed by atoms with Gasteiger partial charge in [0.25, 0.3) is 0 Å². The highest BCUT2D eigenvalue weighted by molar-refractivity contribution is 7.90. The van der Waals surface area contributed by atoms with E-state index < -0.39 is 43.7 Å². The van der Waals surface area contributed by atoms with Gasteiger partial charge in [0.2, 0.25) is 0 Å². The second-order valence-electron chi connectivity index (χ2n) is 3.77. The van der Waals surface area contributed by atoms with Gasteiger partial charge in [-0.25, -0.2) is 22.0 Å². The molecule has 0 amide bonds. The number of thiazole rings is 1. The molecule has 0 bridgehead atoms. The van der Waals surface area contributed by atoms with Crippen LogP contribution in [0.3, 0.4) is 0 Å². The lowest BCUT2D eigenvalue weighted by Gasteiger charge is -2.07. The van der Waals surface area contributed by atoms with Crippen molar-refractivity contribution in [2.75, 3.05) is 0 Å². The number of benzene rings is 1. The molecule has 106 valence electrons. The molecule has 0 spiro atoms. The topological polar surface area (TPSA) is 84.3 Å². The molecule has 0 aliphatic heterocycles. The maximum atomic E-state index is 13.9. The van der Waals surface area contributed by atoms with Crippen LogP contribution in [0.25, 0.3) is 0 Å². The van der Waals surface area contributed by atoms with Gasteiger partial charge in [-0.2, -0.15) is 0 Å². The highest BCUT2D eigenvalue weighted by Gasteiger charge is 2.27. The van der Waals surface area contributed by atoms with Crippen molar-refractivity contribution in [2.45, 2.75) is 10.6 Å². The average molecular weight is 319 g/mol. The number of sulfone groups is 1. The van der Waals surface area contributed by atoms with Crippen LogP contribution >= 0.6 is 11.3 Å². The van der Waals surface area contributed by atoms with Crippen LogP contribution in [-0.4, -0.2) is 24.5 Å². The fourth-order valence-electron chi connectivity index (χ4n) is 1.55. The maximum Gasteiger partial charge on any atom is 0.341 e. The van der Waals surface area contributed by atoms with Crippen molar-refractivity contribution in [1.82, 2.24) is 4.98 Å². The standard InChI is InChI=1S/C11H7F2NO4S2/c12-7-1-2-8(10(13)9(7)11(15)16)20(17,18)4-6-3-14-5-19-6/h1-3,5H,4H2,(H,15,16). The summed E-state index contributed by atoms with van der Waals surface area (Å²) in [7, 11) is -4.12. The van der Waals surface area contributed by atoms with Crippen molar-refractivity contribution in [1.29, 1.82) is 0 Å². The van der Waals surface area contributed by atoms with Gasteiger partial charge in [-0.3, -0.25) is 4.98 Å². The van der Waals surface area contributed by atoms with E-state index in [0.29, 0.717) is 17.0 Å². The van der Waals surface area contributed by atoms with Crippen molar-refractivity contribution >= 4 is 27.1 Å². The summed E-state index contributed by atoms with van der Waals surface area (Å²) in [5.74, 6) is -5.32. The molecule has 5 nitrogen and oxygen atoms in total. The van der Waals surface area contributed by atoms with Gasteiger partial charge in [0, 0.05) is 11.1 Å². The van der Waals surface area contributed by atoms with Crippen LogP contribution in [0.5, 0.6) is 0 Å². The van der Waals surface area contributed by atoms with E-state index >= 15 is 0 Å². The number of carboxylic acids is 1. The lowest BCUT2D eigenvalue weighted by molar-refractivity contribution is 0.0685. The molecule has 1 heterocycles. The number of hydrogen-bond acceptors (Lipinski definition) is 5. The molecule has 0 saturated heterocycles. The van der Waals surface area contributed by atoms with Crippen molar-refractivity contribution in [3.05, 3.63) is 45.9 Å². The Balaban J connectivity index is 2.53. The van der Waals surface area contributed by atoms with Gasteiger partial charge in [0.05, 0.1) is 11.3 Å². The Morgan fingerprint density at radius 3 is 2.60 bits per heavy atom. The summed E-state index contributed by atoms with van der Waals surface area (Å²) in [4.78, 5) is 14.0. The molecule has 2 aromatic rings. The molecule has 20 heavy (non-hydrogen) atoms. The van der Waals surface area contributed by atoms with Crippen molar-refractivity contribution < 1.29 is 27.1 Å². The minimum atomic E-state index is -4.12. The molecule has 1 aromatic heterocycles. The summed E-state index contributed by atoms with van der Waals surface area (Å²) in [6.45, 7) is 0. The van der Waals surface area contributed by atoms with Crippen LogP contribution in [0.4, 0.5) is 8.78 Å². The maximum absolute atomic E-state index is 13.9. The Hall–Kier alpha value is -1.87. The van der Waals surface area contributed by atoms with Crippen LogP contribution in [0, 0.1) is 11.6 Å². The van der Waals surface area contributed by atoms with Gasteiger partial charge in [0.1, 0.15) is 16.3 Å². The second kappa shape index (κ2) is 5.25. The van der Waals surface area contributed by atoms with E-state index in [0.717, 1.165) is 11.3 Å². The zero-order valence-corrected chi connectivity index (χ0v) is 11.3. The predicted octanol–water partition coefficient (Wildman–Crippen LogP) is 2.09. The number of nitrogens with zero attached hydrogens (tertiary/aromatic N) is 1. The molecular formula is C11H7F2NO4S2. The molecule has 0 saturated carbocycles. The minimum absolute atomic E-state index is 0.366. The van der Waals surface area contributed by atoms with E-state index in [1.54, 1.807) is 0 Å². The minimum Gasteiger partial charge on any atom is -0.477 e. The Bertz CT molecular complexity index is 757. The first-order valence-electron chi connectivity index (χ1n) is 5.14. The third-order valence-electron chi connectivity index (χ3n) is 2.42. The Labute approximate surface area is 116 Å². The van der Waals surface area contributed by atoms with Gasteiger partial charge in [-0.1, -0.05) is 0 Å². The number of rotatable bonds is 4. The third-order valence-corrected chi connectivity index (χ3v) is 5.06. The SMILES string of the molecule is O=C(O)c1c(F)ccc(S(=O)(=O)Cc2cncs2)c1F. The number of carboxylic acid groups (broad SMARTS) is 1. The molecule has 0 atom stereocenters. The van der Waals surface area contributed by atoms with Gasteiger partial charge in [0.15, 0.2) is 15.7 Å². The first-order valence-corrected chi connectivity index (χ1v) is 7.67. The Kier molecular flexibility index (Phi) is 3.82. The number of hydrogen-bond donors (Lipinski definition) is 1. The molecule has 1 aromatic carbocycles. The number of aromatic nitrogens is 1. The zero-order valence-electron chi connectivity index (χ0n) is 9.71. The normalized spacial score (nSPS) is 11.5. The number of carbonyl (C=O) groups is 1. The molecule has 0 radical (unpaired) electrons. The molecule has 9 heteroatoms. The fraction of sp³-hybridized carbons (Fsp3) is 0.0909. The summed E-state index contributed by atoms with van der Waals surface area (Å²) in [6, 6.07) is 1.33.